The minimum absolute atomic E-state index is 0.132. The summed E-state index contributed by atoms with van der Waals surface area (Å²) in [6, 6.07) is 8.92. The Morgan fingerprint density at radius 3 is 2.90 bits per heavy atom. The maximum Gasteiger partial charge on any atom is 0.226 e. The molecule has 0 aliphatic carbocycles. The van der Waals surface area contributed by atoms with E-state index in [1.54, 1.807) is 29.2 Å². The number of hydrogen-bond acceptors (Lipinski definition) is 3. The standard InChI is InChI=1S/C16H19N3O2/c1-2-12-9-16(21)19(11-12)8-7-15(20)18-14-6-4-3-5-13(14)10-17/h3-6,12H,2,7-9,11H2,1H3,(H,18,20). The summed E-state index contributed by atoms with van der Waals surface area (Å²) in [6.07, 6.45) is 1.83. The monoisotopic (exact) mass is 285 g/mol. The zero-order valence-electron chi connectivity index (χ0n) is 12.1. The fourth-order valence-electron chi connectivity index (χ4n) is 2.48. The first-order valence-corrected chi connectivity index (χ1v) is 7.20. The van der Waals surface area contributed by atoms with Crippen LogP contribution in [0.25, 0.3) is 0 Å². The Hall–Kier alpha value is -2.35. The van der Waals surface area contributed by atoms with Crippen molar-refractivity contribution in [1.82, 2.24) is 4.90 Å². The minimum atomic E-state index is -0.176. The molecule has 1 unspecified atom stereocenters. The summed E-state index contributed by atoms with van der Waals surface area (Å²) in [6.45, 7) is 3.26. The second-order valence-corrected chi connectivity index (χ2v) is 5.27. The van der Waals surface area contributed by atoms with Gasteiger partial charge in [-0.3, -0.25) is 9.59 Å². The molecule has 1 fully saturated rings. The van der Waals surface area contributed by atoms with Crippen LogP contribution >= 0.6 is 0 Å². The second kappa shape index (κ2) is 6.89. The third-order valence-electron chi connectivity index (χ3n) is 3.80. The van der Waals surface area contributed by atoms with Gasteiger partial charge in [0.25, 0.3) is 0 Å². The highest BCUT2D eigenvalue weighted by Gasteiger charge is 2.28. The molecular formula is C16H19N3O2. The molecule has 21 heavy (non-hydrogen) atoms. The SMILES string of the molecule is CCC1CC(=O)N(CCC(=O)Nc2ccccc2C#N)C1. The predicted molar refractivity (Wildman–Crippen MR) is 79.4 cm³/mol. The van der Waals surface area contributed by atoms with Crippen LogP contribution in [0.4, 0.5) is 5.69 Å². The Bertz CT molecular complexity index is 577. The van der Waals surface area contributed by atoms with Gasteiger partial charge in [0.05, 0.1) is 11.3 Å². The molecule has 0 aromatic heterocycles. The molecule has 5 nitrogen and oxygen atoms in total. The van der Waals surface area contributed by atoms with E-state index in [1.807, 2.05) is 6.07 Å². The molecule has 1 aliphatic rings. The first-order chi connectivity index (χ1) is 10.1. The van der Waals surface area contributed by atoms with Crippen LogP contribution in [0.2, 0.25) is 0 Å². The number of carbonyl (C=O) groups excluding carboxylic acids is 2. The molecule has 0 spiro atoms. The number of amides is 2. The van der Waals surface area contributed by atoms with Gasteiger partial charge in [0.2, 0.25) is 11.8 Å². The first kappa shape index (κ1) is 15.0. The van der Waals surface area contributed by atoms with Crippen LogP contribution in [0.5, 0.6) is 0 Å². The van der Waals surface area contributed by atoms with Gasteiger partial charge in [-0.25, -0.2) is 0 Å². The fourth-order valence-corrected chi connectivity index (χ4v) is 2.48. The van der Waals surface area contributed by atoms with E-state index in [4.69, 9.17) is 5.26 Å². The van der Waals surface area contributed by atoms with Gasteiger partial charge < -0.3 is 10.2 Å². The molecule has 2 amide bonds. The highest BCUT2D eigenvalue weighted by Crippen LogP contribution is 2.20. The summed E-state index contributed by atoms with van der Waals surface area (Å²) in [5.41, 5.74) is 0.957. The molecule has 5 heteroatoms. The van der Waals surface area contributed by atoms with E-state index in [2.05, 4.69) is 12.2 Å². The van der Waals surface area contributed by atoms with Crippen molar-refractivity contribution in [2.24, 2.45) is 5.92 Å². The van der Waals surface area contributed by atoms with Crippen LogP contribution in [0.3, 0.4) is 0 Å². The number of rotatable bonds is 5. The van der Waals surface area contributed by atoms with Crippen molar-refractivity contribution in [3.8, 4) is 6.07 Å². The molecule has 0 saturated carbocycles. The van der Waals surface area contributed by atoms with Crippen LogP contribution in [0.1, 0.15) is 31.7 Å². The van der Waals surface area contributed by atoms with E-state index >= 15 is 0 Å². The summed E-state index contributed by atoms with van der Waals surface area (Å²) in [5.74, 6) is 0.373. The number of carbonyl (C=O) groups is 2. The molecule has 1 heterocycles. The van der Waals surface area contributed by atoms with Crippen LogP contribution in [0.15, 0.2) is 24.3 Å². The Labute approximate surface area is 124 Å². The van der Waals surface area contributed by atoms with Gasteiger partial charge in [0, 0.05) is 25.9 Å². The van der Waals surface area contributed by atoms with Crippen LogP contribution in [-0.2, 0) is 9.59 Å². The lowest BCUT2D eigenvalue weighted by Gasteiger charge is -2.16. The maximum atomic E-state index is 11.9. The van der Waals surface area contributed by atoms with Gasteiger partial charge >= 0.3 is 0 Å². The second-order valence-electron chi connectivity index (χ2n) is 5.27. The Morgan fingerprint density at radius 1 is 1.48 bits per heavy atom. The highest BCUT2D eigenvalue weighted by molar-refractivity contribution is 5.92. The molecule has 110 valence electrons. The van der Waals surface area contributed by atoms with Crippen LogP contribution in [-0.4, -0.2) is 29.8 Å². The number of benzene rings is 1. The number of nitriles is 1. The van der Waals surface area contributed by atoms with Gasteiger partial charge in [0.1, 0.15) is 6.07 Å². The first-order valence-electron chi connectivity index (χ1n) is 7.20. The quantitative estimate of drug-likeness (QED) is 0.900. The molecular weight excluding hydrogens is 266 g/mol. The van der Waals surface area contributed by atoms with Gasteiger partial charge in [-0.2, -0.15) is 5.26 Å². The predicted octanol–water partition coefficient (Wildman–Crippen LogP) is 2.15. The third kappa shape index (κ3) is 3.82. The highest BCUT2D eigenvalue weighted by atomic mass is 16.2. The number of nitrogens with one attached hydrogen (secondary N) is 1. The Morgan fingerprint density at radius 2 is 2.24 bits per heavy atom. The lowest BCUT2D eigenvalue weighted by molar-refractivity contribution is -0.128. The van der Waals surface area contributed by atoms with Crippen molar-refractivity contribution < 1.29 is 9.59 Å². The van der Waals surface area contributed by atoms with Crippen LogP contribution in [0, 0.1) is 17.2 Å². The number of likely N-dealkylation sites (tertiary alicyclic amines) is 1. The fraction of sp³-hybridized carbons (Fsp3) is 0.438. The zero-order chi connectivity index (χ0) is 15.2. The average Bonchev–Trinajstić information content (AvgIpc) is 2.86. The molecule has 1 aliphatic heterocycles. The van der Waals surface area contributed by atoms with Gasteiger partial charge in [-0.15, -0.1) is 0 Å². The summed E-state index contributed by atoms with van der Waals surface area (Å²) < 4.78 is 0. The Balaban J connectivity index is 1.86. The summed E-state index contributed by atoms with van der Waals surface area (Å²) in [7, 11) is 0. The van der Waals surface area contributed by atoms with Crippen molar-refractivity contribution in [2.45, 2.75) is 26.2 Å². The van der Waals surface area contributed by atoms with Gasteiger partial charge in [-0.1, -0.05) is 25.5 Å². The zero-order valence-corrected chi connectivity index (χ0v) is 12.1. The van der Waals surface area contributed by atoms with Gasteiger partial charge in [-0.05, 0) is 18.1 Å². The van der Waals surface area contributed by atoms with Crippen molar-refractivity contribution >= 4 is 17.5 Å². The Kier molecular flexibility index (Phi) is 4.94. The summed E-state index contributed by atoms with van der Waals surface area (Å²) in [5, 5.41) is 11.7. The number of para-hydroxylation sites is 1. The van der Waals surface area contributed by atoms with Gasteiger partial charge in [0.15, 0.2) is 0 Å². The van der Waals surface area contributed by atoms with Crippen molar-refractivity contribution in [3.05, 3.63) is 29.8 Å². The normalized spacial score (nSPS) is 17.6. The molecule has 0 radical (unpaired) electrons. The molecule has 2 rings (SSSR count). The third-order valence-corrected chi connectivity index (χ3v) is 3.80. The topological polar surface area (TPSA) is 73.2 Å². The molecule has 1 N–H and O–H groups in total. The van der Waals surface area contributed by atoms with Crippen LogP contribution < -0.4 is 5.32 Å². The van der Waals surface area contributed by atoms with E-state index in [0.717, 1.165) is 13.0 Å². The summed E-state index contributed by atoms with van der Waals surface area (Å²) in [4.78, 5) is 25.5. The largest absolute Gasteiger partial charge is 0.342 e. The average molecular weight is 285 g/mol. The lowest BCUT2D eigenvalue weighted by atomic mass is 10.1. The van der Waals surface area contributed by atoms with E-state index in [-0.39, 0.29) is 18.2 Å². The molecule has 1 aromatic carbocycles. The number of anilines is 1. The number of nitrogens with zero attached hydrogens (tertiary/aromatic N) is 2. The van der Waals surface area contributed by atoms with E-state index in [1.165, 1.54) is 0 Å². The smallest absolute Gasteiger partial charge is 0.226 e. The van der Waals surface area contributed by atoms with Crippen molar-refractivity contribution in [1.29, 1.82) is 5.26 Å². The number of hydrogen-bond donors (Lipinski definition) is 1. The molecule has 1 atom stereocenters. The van der Waals surface area contributed by atoms with E-state index < -0.39 is 0 Å². The van der Waals surface area contributed by atoms with E-state index in [9.17, 15) is 9.59 Å². The van der Waals surface area contributed by atoms with Crippen molar-refractivity contribution in [3.63, 3.8) is 0 Å². The molecule has 1 saturated heterocycles. The maximum absolute atomic E-state index is 11.9. The summed E-state index contributed by atoms with van der Waals surface area (Å²) >= 11 is 0. The van der Waals surface area contributed by atoms with Crippen molar-refractivity contribution in [2.75, 3.05) is 18.4 Å². The molecule has 0 bridgehead atoms. The molecule has 1 aromatic rings. The van der Waals surface area contributed by atoms with E-state index in [0.29, 0.717) is 30.1 Å². The lowest BCUT2D eigenvalue weighted by Crippen LogP contribution is -2.29. The minimum Gasteiger partial charge on any atom is -0.342 e.